The van der Waals surface area contributed by atoms with Crippen molar-refractivity contribution in [1.29, 1.82) is 0 Å². The largest absolute Gasteiger partial charge is 0.332 e. The van der Waals surface area contributed by atoms with Gasteiger partial charge >= 0.3 is 0 Å². The maximum atomic E-state index is 4.91. The second-order valence-electron chi connectivity index (χ2n) is 6.52. The normalized spacial score (nSPS) is 20.2. The number of piperidine rings is 1. The highest BCUT2D eigenvalue weighted by atomic mass is 32.1. The molecule has 4 rings (SSSR count). The molecule has 118 valence electrons. The summed E-state index contributed by atoms with van der Waals surface area (Å²) in [4.78, 5) is 9.97. The molecular weight excluding hydrogens is 292 g/mol. The molecule has 0 N–H and O–H groups in total. The highest BCUT2D eigenvalue weighted by Gasteiger charge is 2.20. The molecule has 2 aliphatic heterocycles. The predicted octanol–water partition coefficient (Wildman–Crippen LogP) is 2.95. The van der Waals surface area contributed by atoms with Gasteiger partial charge in [-0.25, -0.2) is 4.98 Å². The summed E-state index contributed by atoms with van der Waals surface area (Å²) in [6, 6.07) is 2.23. The zero-order valence-corrected chi connectivity index (χ0v) is 13.9. The molecule has 2 aromatic heterocycles. The zero-order chi connectivity index (χ0) is 14.8. The molecule has 0 amide bonds. The summed E-state index contributed by atoms with van der Waals surface area (Å²) in [5, 5.41) is 4.42. The van der Waals surface area contributed by atoms with Gasteiger partial charge in [-0.05, 0) is 48.3 Å². The van der Waals surface area contributed by atoms with E-state index in [2.05, 4.69) is 37.4 Å². The van der Waals surface area contributed by atoms with E-state index in [1.807, 2.05) is 0 Å². The van der Waals surface area contributed by atoms with Crippen molar-refractivity contribution in [2.24, 2.45) is 0 Å². The lowest BCUT2D eigenvalue weighted by Crippen LogP contribution is -2.33. The van der Waals surface area contributed by atoms with E-state index in [1.165, 1.54) is 49.4 Å². The van der Waals surface area contributed by atoms with Crippen molar-refractivity contribution in [2.45, 2.75) is 45.4 Å². The van der Waals surface area contributed by atoms with E-state index in [-0.39, 0.29) is 0 Å². The lowest BCUT2D eigenvalue weighted by Gasteiger charge is -2.27. The molecule has 22 heavy (non-hydrogen) atoms. The molecule has 5 heteroatoms. The van der Waals surface area contributed by atoms with Crippen LogP contribution in [0.15, 0.2) is 23.0 Å². The molecule has 4 heterocycles. The summed E-state index contributed by atoms with van der Waals surface area (Å²) in [6.07, 6.45) is 6.38. The van der Waals surface area contributed by atoms with Crippen molar-refractivity contribution in [3.05, 3.63) is 40.1 Å². The molecule has 0 saturated carbocycles. The molecule has 0 radical (unpaired) electrons. The molecule has 0 bridgehead atoms. The van der Waals surface area contributed by atoms with Gasteiger partial charge < -0.3 is 4.57 Å². The molecule has 1 fully saturated rings. The van der Waals surface area contributed by atoms with Gasteiger partial charge in [0.2, 0.25) is 0 Å². The number of nitrogens with zero attached hydrogens (tertiary/aromatic N) is 4. The first kappa shape index (κ1) is 14.4. The van der Waals surface area contributed by atoms with Gasteiger partial charge in [-0.15, -0.1) is 0 Å². The van der Waals surface area contributed by atoms with E-state index in [0.29, 0.717) is 0 Å². The summed E-state index contributed by atoms with van der Waals surface area (Å²) in [5.41, 5.74) is 2.69. The third-order valence-corrected chi connectivity index (χ3v) is 5.48. The minimum atomic E-state index is 0.982. The van der Waals surface area contributed by atoms with Gasteiger partial charge in [-0.3, -0.25) is 9.80 Å². The van der Waals surface area contributed by atoms with Crippen molar-refractivity contribution in [1.82, 2.24) is 19.4 Å². The Morgan fingerprint density at radius 1 is 1.00 bits per heavy atom. The van der Waals surface area contributed by atoms with Crippen molar-refractivity contribution in [3.63, 3.8) is 0 Å². The first-order valence-corrected chi connectivity index (χ1v) is 9.32. The average Bonchev–Trinajstić information content (AvgIpc) is 3.17. The number of thiophene rings is 1. The Labute approximate surface area is 136 Å². The van der Waals surface area contributed by atoms with Crippen LogP contribution in [0, 0.1) is 0 Å². The average molecular weight is 316 g/mol. The summed E-state index contributed by atoms with van der Waals surface area (Å²) >= 11 is 1.78. The van der Waals surface area contributed by atoms with Crippen LogP contribution in [-0.4, -0.2) is 39.0 Å². The van der Waals surface area contributed by atoms with Gasteiger partial charge in [0.05, 0.1) is 12.2 Å². The molecular formula is C17H24N4S. The van der Waals surface area contributed by atoms with Crippen LogP contribution in [0.1, 0.15) is 36.3 Å². The van der Waals surface area contributed by atoms with Gasteiger partial charge in [-0.2, -0.15) is 11.3 Å². The van der Waals surface area contributed by atoms with Gasteiger partial charge in [0, 0.05) is 32.4 Å². The molecule has 0 atom stereocenters. The highest BCUT2D eigenvalue weighted by molar-refractivity contribution is 7.07. The minimum Gasteiger partial charge on any atom is -0.332 e. The lowest BCUT2D eigenvalue weighted by molar-refractivity contribution is 0.209. The Bertz CT molecular complexity index is 598. The van der Waals surface area contributed by atoms with Crippen molar-refractivity contribution < 1.29 is 0 Å². The van der Waals surface area contributed by atoms with Gasteiger partial charge in [-0.1, -0.05) is 6.42 Å². The van der Waals surface area contributed by atoms with Crippen LogP contribution in [-0.2, 0) is 26.2 Å². The molecule has 0 aliphatic carbocycles. The van der Waals surface area contributed by atoms with Gasteiger partial charge in [0.15, 0.2) is 0 Å². The van der Waals surface area contributed by atoms with Crippen LogP contribution >= 0.6 is 11.3 Å². The number of fused-ring (bicyclic) bond motifs is 1. The van der Waals surface area contributed by atoms with Crippen LogP contribution in [0.3, 0.4) is 0 Å². The smallest absolute Gasteiger partial charge is 0.123 e. The number of hydrogen-bond donors (Lipinski definition) is 0. The summed E-state index contributed by atoms with van der Waals surface area (Å²) in [7, 11) is 0. The standard InChI is InChI=1S/C17H24N4S/c1-2-5-19(6-3-1)11-16-12-21-8-7-20(13-17(21)18-16)10-15-4-9-22-14-15/h4,9,12,14H,1-3,5-8,10-11,13H2. The lowest BCUT2D eigenvalue weighted by atomic mass is 10.1. The SMILES string of the molecule is c1cc(CN2CCn3cc(CN4CCCCC4)nc3C2)cs1. The van der Waals surface area contributed by atoms with Crippen LogP contribution in [0.2, 0.25) is 0 Å². The second-order valence-corrected chi connectivity index (χ2v) is 7.30. The first-order chi connectivity index (χ1) is 10.9. The first-order valence-electron chi connectivity index (χ1n) is 8.37. The number of likely N-dealkylation sites (tertiary alicyclic amines) is 1. The van der Waals surface area contributed by atoms with Gasteiger partial charge in [0.25, 0.3) is 0 Å². The summed E-state index contributed by atoms with van der Waals surface area (Å²) < 4.78 is 2.36. The monoisotopic (exact) mass is 316 g/mol. The Hall–Kier alpha value is -1.17. The fourth-order valence-corrected chi connectivity index (χ4v) is 4.22. The van der Waals surface area contributed by atoms with E-state index in [9.17, 15) is 0 Å². The van der Waals surface area contributed by atoms with Crippen molar-refractivity contribution in [3.8, 4) is 0 Å². The van der Waals surface area contributed by atoms with E-state index in [1.54, 1.807) is 11.3 Å². The van der Waals surface area contributed by atoms with E-state index in [0.717, 1.165) is 32.7 Å². The van der Waals surface area contributed by atoms with Crippen LogP contribution in [0.25, 0.3) is 0 Å². The number of imidazole rings is 1. The fraction of sp³-hybridized carbons (Fsp3) is 0.588. The van der Waals surface area contributed by atoms with Gasteiger partial charge in [0.1, 0.15) is 5.82 Å². The summed E-state index contributed by atoms with van der Waals surface area (Å²) in [6.45, 7) is 7.76. The Morgan fingerprint density at radius 2 is 1.91 bits per heavy atom. The van der Waals surface area contributed by atoms with Crippen LogP contribution < -0.4 is 0 Å². The third kappa shape index (κ3) is 3.26. The summed E-state index contributed by atoms with van der Waals surface area (Å²) in [5.74, 6) is 1.24. The third-order valence-electron chi connectivity index (χ3n) is 4.75. The second kappa shape index (κ2) is 6.52. The maximum absolute atomic E-state index is 4.91. The van der Waals surface area contributed by atoms with Crippen LogP contribution in [0.5, 0.6) is 0 Å². The fourth-order valence-electron chi connectivity index (χ4n) is 3.56. The quantitative estimate of drug-likeness (QED) is 0.867. The Kier molecular flexibility index (Phi) is 4.28. The topological polar surface area (TPSA) is 24.3 Å². The molecule has 0 spiro atoms. The van der Waals surface area contributed by atoms with Crippen molar-refractivity contribution >= 4 is 11.3 Å². The maximum Gasteiger partial charge on any atom is 0.123 e. The number of rotatable bonds is 4. The van der Waals surface area contributed by atoms with E-state index in [4.69, 9.17) is 4.98 Å². The number of hydrogen-bond acceptors (Lipinski definition) is 4. The molecule has 1 saturated heterocycles. The minimum absolute atomic E-state index is 0.982. The Morgan fingerprint density at radius 3 is 2.73 bits per heavy atom. The predicted molar refractivity (Wildman–Crippen MR) is 89.8 cm³/mol. The highest BCUT2D eigenvalue weighted by Crippen LogP contribution is 2.18. The number of aromatic nitrogens is 2. The van der Waals surface area contributed by atoms with E-state index < -0.39 is 0 Å². The van der Waals surface area contributed by atoms with Crippen LogP contribution in [0.4, 0.5) is 0 Å². The molecule has 0 aromatic carbocycles. The Balaban J connectivity index is 1.39. The van der Waals surface area contributed by atoms with Crippen molar-refractivity contribution in [2.75, 3.05) is 19.6 Å². The zero-order valence-electron chi connectivity index (χ0n) is 13.1. The molecule has 0 unspecified atom stereocenters. The van der Waals surface area contributed by atoms with E-state index >= 15 is 0 Å². The molecule has 2 aliphatic rings. The molecule has 4 nitrogen and oxygen atoms in total. The molecule has 2 aromatic rings.